The molecule has 4 aromatic carbocycles. The van der Waals surface area contributed by atoms with Crippen molar-refractivity contribution in [1.29, 1.82) is 0 Å². The lowest BCUT2D eigenvalue weighted by Crippen LogP contribution is -2.57. The number of amides is 2. The van der Waals surface area contributed by atoms with Gasteiger partial charge < -0.3 is 24.6 Å². The number of fused-ring (bicyclic) bond motifs is 6. The molecule has 0 unspecified atom stereocenters. The van der Waals surface area contributed by atoms with E-state index in [9.17, 15) is 9.59 Å². The molecule has 10 rings (SSSR count). The first-order chi connectivity index (χ1) is 27.6. The zero-order chi connectivity index (χ0) is 39.3. The minimum atomic E-state index is -0.312. The van der Waals surface area contributed by atoms with Crippen molar-refractivity contribution in [1.82, 2.24) is 21.1 Å². The highest BCUT2D eigenvalue weighted by atomic mass is 16.5. The Morgan fingerprint density at radius 3 is 1.56 bits per heavy atom. The van der Waals surface area contributed by atoms with Gasteiger partial charge in [-0.25, -0.2) is 10.9 Å². The van der Waals surface area contributed by atoms with Gasteiger partial charge in [0.2, 0.25) is 0 Å². The molecule has 6 heterocycles. The number of nitrogens with one attached hydrogen (secondary N) is 3. The number of amidine groups is 2. The first-order valence-electron chi connectivity index (χ1n) is 19.9. The third-order valence-corrected chi connectivity index (χ3v) is 12.1. The summed E-state index contributed by atoms with van der Waals surface area (Å²) in [7, 11) is 0. The summed E-state index contributed by atoms with van der Waals surface area (Å²) in [5.74, 6) is 2.95. The molecule has 12 nitrogen and oxygen atoms in total. The summed E-state index contributed by atoms with van der Waals surface area (Å²) >= 11 is 0. The van der Waals surface area contributed by atoms with Gasteiger partial charge in [-0.3, -0.25) is 14.5 Å². The number of carbonyl (C=O) groups is 2. The molecule has 294 valence electrons. The van der Waals surface area contributed by atoms with E-state index in [-0.39, 0.29) is 35.4 Å². The summed E-state index contributed by atoms with van der Waals surface area (Å²) in [5.41, 5.74) is 12.7. The van der Waals surface area contributed by atoms with E-state index < -0.39 is 0 Å². The van der Waals surface area contributed by atoms with Crippen molar-refractivity contribution >= 4 is 34.9 Å². The fourth-order valence-corrected chi connectivity index (χ4v) is 9.14. The average molecular weight is 767 g/mol. The summed E-state index contributed by atoms with van der Waals surface area (Å²) in [6.07, 6.45) is 1.99. The van der Waals surface area contributed by atoms with Gasteiger partial charge in [0.1, 0.15) is 36.8 Å². The van der Waals surface area contributed by atoms with Crippen LogP contribution in [0.25, 0.3) is 0 Å². The maximum atomic E-state index is 12.3. The van der Waals surface area contributed by atoms with Gasteiger partial charge in [-0.1, -0.05) is 86.6 Å². The van der Waals surface area contributed by atoms with E-state index in [1.54, 1.807) is 0 Å². The SMILES string of the molecule is C[C@@H]1C(=O)NN=C2COc3ccc(CC4(C)CN(C(c5ccccc5)c5ccccc5)C4)cc3N21.C[C@@H]1C(=O)NN=C2COc3ccc(CC4(C)CNC4)cc3N21. The number of hydrogen-bond donors (Lipinski definition) is 3. The van der Waals surface area contributed by atoms with E-state index in [2.05, 4.69) is 130 Å². The van der Waals surface area contributed by atoms with Crippen molar-refractivity contribution in [3.63, 3.8) is 0 Å². The Labute approximate surface area is 333 Å². The highest BCUT2D eigenvalue weighted by Gasteiger charge is 2.43. The number of carbonyl (C=O) groups excluding carboxylic acids is 2. The van der Waals surface area contributed by atoms with Crippen LogP contribution in [0.5, 0.6) is 11.5 Å². The van der Waals surface area contributed by atoms with E-state index in [1.807, 2.05) is 35.8 Å². The second-order valence-corrected chi connectivity index (χ2v) is 17.0. The molecule has 0 aliphatic carbocycles. The van der Waals surface area contributed by atoms with Crippen LogP contribution in [0, 0.1) is 10.8 Å². The zero-order valence-electron chi connectivity index (χ0n) is 33.0. The molecule has 2 saturated heterocycles. The van der Waals surface area contributed by atoms with Crippen molar-refractivity contribution in [3.05, 3.63) is 119 Å². The maximum Gasteiger partial charge on any atom is 0.262 e. The lowest BCUT2D eigenvalue weighted by atomic mass is 9.74. The van der Waals surface area contributed by atoms with E-state index in [4.69, 9.17) is 9.47 Å². The normalized spacial score (nSPS) is 22.5. The topological polar surface area (TPSA) is 123 Å². The lowest BCUT2D eigenvalue weighted by Gasteiger charge is -2.52. The predicted octanol–water partition coefficient (Wildman–Crippen LogP) is 5.24. The standard InChI is InChI=1S/C29H30N4O2.C16H20N4O2/c1-20-28(34)31-30-26-17-35-25-14-13-21(15-24(25)33(20)26)16-29(2)18-32(19-29)27(22-9-5-3-6-10-22)23-11-7-4-8-12-23;1-10-15(21)19-18-14-7-22-13-4-3-11(5-12(13)20(10)14)6-16(2)8-17-9-16/h3-15,20,27H,16-19H2,1-2H3,(H,31,34);3-5,10,17H,6-9H2,1-2H3,(H,19,21)/t20-;10-/m11/s1. The van der Waals surface area contributed by atoms with Gasteiger partial charge in [-0.05, 0) is 84.0 Å². The van der Waals surface area contributed by atoms with Crippen LogP contribution in [0.4, 0.5) is 11.4 Å². The molecule has 0 spiro atoms. The fraction of sp³-hybridized carbons (Fsp3) is 0.378. The van der Waals surface area contributed by atoms with Crippen LogP contribution in [0.1, 0.15) is 56.0 Å². The second kappa shape index (κ2) is 14.7. The number of hydrazone groups is 2. The van der Waals surface area contributed by atoms with Gasteiger partial charge in [-0.15, -0.1) is 0 Å². The van der Waals surface area contributed by atoms with Crippen molar-refractivity contribution in [2.24, 2.45) is 21.0 Å². The van der Waals surface area contributed by atoms with E-state index in [1.165, 1.54) is 22.3 Å². The number of rotatable bonds is 7. The molecule has 0 radical (unpaired) electrons. The fourth-order valence-electron chi connectivity index (χ4n) is 9.14. The molecule has 2 amide bonds. The van der Waals surface area contributed by atoms with Gasteiger partial charge >= 0.3 is 0 Å². The van der Waals surface area contributed by atoms with Crippen molar-refractivity contribution in [3.8, 4) is 11.5 Å². The van der Waals surface area contributed by atoms with Crippen molar-refractivity contribution in [2.45, 2.75) is 58.7 Å². The number of hydrogen-bond acceptors (Lipinski definition) is 10. The smallest absolute Gasteiger partial charge is 0.262 e. The van der Waals surface area contributed by atoms with Gasteiger partial charge in [0, 0.05) is 26.2 Å². The third kappa shape index (κ3) is 7.12. The molecular weight excluding hydrogens is 717 g/mol. The Hall–Kier alpha value is -5.72. The second-order valence-electron chi connectivity index (χ2n) is 17.0. The van der Waals surface area contributed by atoms with Gasteiger partial charge in [0.05, 0.1) is 17.4 Å². The molecule has 4 aromatic rings. The summed E-state index contributed by atoms with van der Waals surface area (Å²) < 4.78 is 11.7. The quantitative estimate of drug-likeness (QED) is 0.234. The van der Waals surface area contributed by atoms with Crippen LogP contribution >= 0.6 is 0 Å². The van der Waals surface area contributed by atoms with Crippen molar-refractivity contribution in [2.75, 3.05) is 49.2 Å². The number of likely N-dealkylation sites (tertiary alicyclic amines) is 1. The summed E-state index contributed by atoms with van der Waals surface area (Å²) in [6.45, 7) is 13.4. The number of ether oxygens (including phenoxy) is 2. The van der Waals surface area contributed by atoms with Gasteiger partial charge in [0.25, 0.3) is 11.8 Å². The van der Waals surface area contributed by atoms with E-state index >= 15 is 0 Å². The summed E-state index contributed by atoms with van der Waals surface area (Å²) in [5, 5.41) is 11.7. The Kier molecular flexibility index (Phi) is 9.48. The Morgan fingerprint density at radius 1 is 0.667 bits per heavy atom. The van der Waals surface area contributed by atoms with Crippen LogP contribution in [0.3, 0.4) is 0 Å². The van der Waals surface area contributed by atoms with Crippen LogP contribution in [0.2, 0.25) is 0 Å². The molecule has 2 fully saturated rings. The van der Waals surface area contributed by atoms with E-state index in [0.717, 1.165) is 73.6 Å². The van der Waals surface area contributed by atoms with Gasteiger partial charge in [-0.2, -0.15) is 10.2 Å². The van der Waals surface area contributed by atoms with Gasteiger partial charge in [0.15, 0.2) is 11.7 Å². The number of anilines is 2. The summed E-state index contributed by atoms with van der Waals surface area (Å²) in [6, 6.07) is 33.9. The molecule has 57 heavy (non-hydrogen) atoms. The molecule has 6 aliphatic rings. The minimum Gasteiger partial charge on any atom is -0.483 e. The maximum absolute atomic E-state index is 12.3. The molecule has 0 saturated carbocycles. The molecule has 12 heteroatoms. The molecule has 0 bridgehead atoms. The third-order valence-electron chi connectivity index (χ3n) is 12.1. The average Bonchev–Trinajstić information content (AvgIpc) is 3.20. The Balaban J connectivity index is 0.000000165. The monoisotopic (exact) mass is 766 g/mol. The van der Waals surface area contributed by atoms with Crippen LogP contribution in [-0.4, -0.2) is 79.9 Å². The predicted molar refractivity (Wildman–Crippen MR) is 222 cm³/mol. The lowest BCUT2D eigenvalue weighted by molar-refractivity contribution is -0.123. The highest BCUT2D eigenvalue weighted by molar-refractivity contribution is 6.10. The summed E-state index contributed by atoms with van der Waals surface area (Å²) in [4.78, 5) is 30.8. The molecule has 2 atom stereocenters. The Morgan fingerprint density at radius 2 is 1.12 bits per heavy atom. The number of nitrogens with zero attached hydrogens (tertiary/aromatic N) is 5. The molecule has 0 aromatic heterocycles. The first kappa shape index (κ1) is 36.9. The van der Waals surface area contributed by atoms with Crippen LogP contribution in [0.15, 0.2) is 107 Å². The van der Waals surface area contributed by atoms with Crippen LogP contribution < -0.4 is 35.4 Å². The van der Waals surface area contributed by atoms with Crippen LogP contribution in [-0.2, 0) is 22.4 Å². The molecular formula is C45H50N8O4. The Bertz CT molecular complexity index is 2190. The zero-order valence-corrected chi connectivity index (χ0v) is 33.0. The minimum absolute atomic E-state index is 0.0860. The van der Waals surface area contributed by atoms with Crippen molar-refractivity contribution < 1.29 is 19.1 Å². The highest BCUT2D eigenvalue weighted by Crippen LogP contribution is 2.44. The largest absolute Gasteiger partial charge is 0.483 e. The first-order valence-corrected chi connectivity index (χ1v) is 19.9. The molecule has 6 aliphatic heterocycles. The number of benzene rings is 4. The van der Waals surface area contributed by atoms with E-state index in [0.29, 0.717) is 18.6 Å². The molecule has 3 N–H and O–H groups in total.